The van der Waals surface area contributed by atoms with Crippen molar-refractivity contribution >= 4 is 26.7 Å². The molecule has 0 amide bonds. The lowest BCUT2D eigenvalue weighted by molar-refractivity contribution is 0.186. The average molecular weight is 320 g/mol. The monoisotopic (exact) mass is 319 g/mol. The Morgan fingerprint density at radius 1 is 1.05 bits per heavy atom. The van der Waals surface area contributed by atoms with Gasteiger partial charge in [-0.05, 0) is 65.1 Å². The summed E-state index contributed by atoms with van der Waals surface area (Å²) < 4.78 is 7.26. The highest BCUT2D eigenvalue weighted by atomic mass is 79.9. The molecule has 100 valence electrons. The van der Waals surface area contributed by atoms with Crippen LogP contribution in [0.2, 0.25) is 0 Å². The highest BCUT2D eigenvalue weighted by Gasteiger charge is 2.15. The number of fused-ring (bicyclic) bond motifs is 1. The molecule has 2 aromatic rings. The van der Waals surface area contributed by atoms with Gasteiger partial charge in [0.15, 0.2) is 0 Å². The molecule has 1 N–H and O–H groups in total. The molecule has 0 radical (unpaired) electrons. The summed E-state index contributed by atoms with van der Waals surface area (Å²) in [5.74, 6) is 0.964. The summed E-state index contributed by atoms with van der Waals surface area (Å²) in [4.78, 5) is 0. The van der Waals surface area contributed by atoms with Crippen LogP contribution >= 0.6 is 15.9 Å². The summed E-state index contributed by atoms with van der Waals surface area (Å²) in [5.41, 5.74) is 0. The molecule has 1 unspecified atom stereocenters. The van der Waals surface area contributed by atoms with E-state index in [9.17, 15) is 0 Å². The Morgan fingerprint density at radius 3 is 2.89 bits per heavy atom. The number of halogens is 1. The Hall–Kier alpha value is -1.06. The minimum atomic E-state index is 0.326. The molecule has 0 bridgehead atoms. The van der Waals surface area contributed by atoms with Gasteiger partial charge in [0, 0.05) is 0 Å². The predicted octanol–water partition coefficient (Wildman–Crippen LogP) is 4.12. The predicted molar refractivity (Wildman–Crippen MR) is 82.8 cm³/mol. The van der Waals surface area contributed by atoms with Crippen molar-refractivity contribution in [1.29, 1.82) is 0 Å². The van der Waals surface area contributed by atoms with E-state index in [1.54, 1.807) is 0 Å². The summed E-state index contributed by atoms with van der Waals surface area (Å²) in [5, 5.41) is 5.87. The first-order valence-electron chi connectivity index (χ1n) is 6.89. The molecule has 1 aliphatic heterocycles. The van der Waals surface area contributed by atoms with Gasteiger partial charge in [-0.15, -0.1) is 0 Å². The Labute approximate surface area is 122 Å². The van der Waals surface area contributed by atoms with Gasteiger partial charge in [-0.25, -0.2) is 0 Å². The van der Waals surface area contributed by atoms with E-state index >= 15 is 0 Å². The smallest absolute Gasteiger partial charge is 0.134 e. The van der Waals surface area contributed by atoms with Crippen LogP contribution in [0.4, 0.5) is 0 Å². The Bertz CT molecular complexity index is 562. The zero-order valence-electron chi connectivity index (χ0n) is 10.9. The first kappa shape index (κ1) is 12.9. The van der Waals surface area contributed by atoms with Crippen LogP contribution in [-0.4, -0.2) is 19.2 Å². The topological polar surface area (TPSA) is 21.3 Å². The second kappa shape index (κ2) is 5.93. The molecule has 0 spiro atoms. The third kappa shape index (κ3) is 2.93. The molecule has 1 fully saturated rings. The average Bonchev–Trinajstić information content (AvgIpc) is 2.71. The molecule has 0 aromatic heterocycles. The quantitative estimate of drug-likeness (QED) is 0.898. The maximum atomic E-state index is 6.19. The van der Waals surface area contributed by atoms with Crippen molar-refractivity contribution < 1.29 is 4.74 Å². The lowest BCUT2D eigenvalue weighted by atomic mass is 10.1. The van der Waals surface area contributed by atoms with Gasteiger partial charge in [-0.1, -0.05) is 30.3 Å². The van der Waals surface area contributed by atoms with E-state index in [1.165, 1.54) is 17.2 Å². The van der Waals surface area contributed by atoms with Crippen LogP contribution in [-0.2, 0) is 0 Å². The molecule has 2 aromatic carbocycles. The number of benzene rings is 2. The Kier molecular flexibility index (Phi) is 4.04. The van der Waals surface area contributed by atoms with Crippen molar-refractivity contribution in [2.75, 3.05) is 13.1 Å². The van der Waals surface area contributed by atoms with Crippen molar-refractivity contribution in [2.45, 2.75) is 25.4 Å². The van der Waals surface area contributed by atoms with Crippen molar-refractivity contribution in [2.24, 2.45) is 0 Å². The first-order chi connectivity index (χ1) is 9.34. The van der Waals surface area contributed by atoms with Gasteiger partial charge in [-0.3, -0.25) is 0 Å². The minimum Gasteiger partial charge on any atom is -0.489 e. The van der Waals surface area contributed by atoms with Crippen LogP contribution in [0.1, 0.15) is 19.3 Å². The molecule has 19 heavy (non-hydrogen) atoms. The maximum absolute atomic E-state index is 6.19. The molecule has 0 saturated carbocycles. The van der Waals surface area contributed by atoms with E-state index in [0.29, 0.717) is 6.10 Å². The molecule has 3 rings (SSSR count). The number of hydrogen-bond acceptors (Lipinski definition) is 2. The van der Waals surface area contributed by atoms with Gasteiger partial charge in [0.05, 0.1) is 4.47 Å². The Morgan fingerprint density at radius 2 is 1.95 bits per heavy atom. The summed E-state index contributed by atoms with van der Waals surface area (Å²) in [6.45, 7) is 2.16. The van der Waals surface area contributed by atoms with Crippen molar-refractivity contribution in [3.8, 4) is 5.75 Å². The second-order valence-electron chi connectivity index (χ2n) is 5.02. The molecule has 1 saturated heterocycles. The second-order valence-corrected chi connectivity index (χ2v) is 5.81. The maximum Gasteiger partial charge on any atom is 0.134 e. The van der Waals surface area contributed by atoms with Gasteiger partial charge in [0.1, 0.15) is 11.9 Å². The molecular formula is C16H18BrNO. The largest absolute Gasteiger partial charge is 0.489 e. The first-order valence-corrected chi connectivity index (χ1v) is 7.68. The summed E-state index contributed by atoms with van der Waals surface area (Å²) >= 11 is 3.69. The third-order valence-corrected chi connectivity index (χ3v) is 4.46. The van der Waals surface area contributed by atoms with E-state index in [1.807, 2.05) is 0 Å². The minimum absolute atomic E-state index is 0.326. The number of hydrogen-bond donors (Lipinski definition) is 1. The van der Waals surface area contributed by atoms with Crippen molar-refractivity contribution in [1.82, 2.24) is 5.32 Å². The van der Waals surface area contributed by atoms with Crippen molar-refractivity contribution in [3.05, 3.63) is 40.9 Å². The van der Waals surface area contributed by atoms with Crippen LogP contribution in [0.15, 0.2) is 40.9 Å². The fraction of sp³-hybridized carbons (Fsp3) is 0.375. The van der Waals surface area contributed by atoms with Crippen LogP contribution in [0.3, 0.4) is 0 Å². The summed E-state index contributed by atoms with van der Waals surface area (Å²) in [7, 11) is 0. The molecule has 1 aliphatic rings. The SMILES string of the molecule is Brc1c(OC2CCCNCC2)ccc2ccccc12. The van der Waals surface area contributed by atoms with Crippen LogP contribution in [0.5, 0.6) is 5.75 Å². The lowest BCUT2D eigenvalue weighted by Gasteiger charge is -2.18. The van der Waals surface area contributed by atoms with Crippen molar-refractivity contribution in [3.63, 3.8) is 0 Å². The van der Waals surface area contributed by atoms with Gasteiger partial charge >= 0.3 is 0 Å². The third-order valence-electron chi connectivity index (χ3n) is 3.64. The fourth-order valence-electron chi connectivity index (χ4n) is 2.59. The molecule has 1 atom stereocenters. The number of nitrogens with one attached hydrogen (secondary N) is 1. The summed E-state index contributed by atoms with van der Waals surface area (Å²) in [6, 6.07) is 12.6. The normalized spacial score (nSPS) is 20.2. The molecular weight excluding hydrogens is 302 g/mol. The highest BCUT2D eigenvalue weighted by molar-refractivity contribution is 9.10. The lowest BCUT2D eigenvalue weighted by Crippen LogP contribution is -2.19. The molecule has 3 heteroatoms. The molecule has 2 nitrogen and oxygen atoms in total. The highest BCUT2D eigenvalue weighted by Crippen LogP contribution is 2.34. The van der Waals surface area contributed by atoms with E-state index in [2.05, 4.69) is 57.6 Å². The Balaban J connectivity index is 1.86. The van der Waals surface area contributed by atoms with Crippen LogP contribution in [0, 0.1) is 0 Å². The van der Waals surface area contributed by atoms with Crippen LogP contribution < -0.4 is 10.1 Å². The van der Waals surface area contributed by atoms with Gasteiger partial charge in [0.2, 0.25) is 0 Å². The van der Waals surface area contributed by atoms with Gasteiger partial charge < -0.3 is 10.1 Å². The van der Waals surface area contributed by atoms with E-state index in [-0.39, 0.29) is 0 Å². The van der Waals surface area contributed by atoms with Crippen LogP contribution in [0.25, 0.3) is 10.8 Å². The number of rotatable bonds is 2. The summed E-state index contributed by atoms with van der Waals surface area (Å²) in [6.07, 6.45) is 3.73. The number of ether oxygens (including phenoxy) is 1. The zero-order valence-corrected chi connectivity index (χ0v) is 12.4. The zero-order chi connectivity index (χ0) is 13.1. The molecule has 0 aliphatic carbocycles. The van der Waals surface area contributed by atoms with E-state index in [0.717, 1.165) is 36.2 Å². The fourth-order valence-corrected chi connectivity index (χ4v) is 3.18. The van der Waals surface area contributed by atoms with Gasteiger partial charge in [-0.2, -0.15) is 0 Å². The van der Waals surface area contributed by atoms with Gasteiger partial charge in [0.25, 0.3) is 0 Å². The molecule has 1 heterocycles. The standard InChI is InChI=1S/C16H18BrNO/c17-16-14-6-2-1-4-12(14)7-8-15(16)19-13-5-3-10-18-11-9-13/h1-2,4,6-8,13,18H,3,5,9-11H2. The van der Waals surface area contributed by atoms with E-state index in [4.69, 9.17) is 4.74 Å². The van der Waals surface area contributed by atoms with E-state index < -0.39 is 0 Å².